The number of rotatable bonds is 7. The average Bonchev–Trinajstić information content (AvgIpc) is 3.37. The van der Waals surface area contributed by atoms with Crippen LogP contribution in [-0.2, 0) is 9.53 Å². The highest BCUT2D eigenvalue weighted by Crippen LogP contribution is 2.38. The number of carbonyl (C=O) groups excluding carboxylic acids is 2. The van der Waals surface area contributed by atoms with E-state index in [1.807, 2.05) is 6.92 Å². The summed E-state index contributed by atoms with van der Waals surface area (Å²) in [5.74, 6) is -0.204. The van der Waals surface area contributed by atoms with Crippen LogP contribution >= 0.6 is 11.6 Å². The molecule has 26 heavy (non-hydrogen) atoms. The minimum atomic E-state index is -1.59. The molecule has 6 heteroatoms. The fourth-order valence-electron chi connectivity index (χ4n) is 2.63. The van der Waals surface area contributed by atoms with Gasteiger partial charge in [0.1, 0.15) is 11.5 Å². The highest BCUT2D eigenvalue weighted by atomic mass is 35.5. The van der Waals surface area contributed by atoms with E-state index < -0.39 is 11.7 Å². The summed E-state index contributed by atoms with van der Waals surface area (Å²) in [6.45, 7) is 1.87. The highest BCUT2D eigenvalue weighted by Gasteiger charge is 2.58. The molecule has 0 aliphatic carbocycles. The maximum atomic E-state index is 13.1. The third kappa shape index (κ3) is 3.48. The van der Waals surface area contributed by atoms with Crippen LogP contribution in [-0.4, -0.2) is 30.3 Å². The van der Waals surface area contributed by atoms with Gasteiger partial charge in [0.2, 0.25) is 5.78 Å². The van der Waals surface area contributed by atoms with Crippen LogP contribution in [0.5, 0.6) is 5.75 Å². The topological polar surface area (TPSA) is 65.0 Å². The van der Waals surface area contributed by atoms with Gasteiger partial charge in [0.05, 0.1) is 7.11 Å². The van der Waals surface area contributed by atoms with Crippen molar-refractivity contribution in [2.24, 2.45) is 4.99 Å². The van der Waals surface area contributed by atoms with Gasteiger partial charge < -0.3 is 9.47 Å². The molecule has 0 spiro atoms. The lowest BCUT2D eigenvalue weighted by atomic mass is 9.99. The summed E-state index contributed by atoms with van der Waals surface area (Å²) in [5.41, 5.74) is -0.0721. The van der Waals surface area contributed by atoms with E-state index >= 15 is 0 Å². The van der Waals surface area contributed by atoms with Crippen LogP contribution in [0.4, 0.5) is 0 Å². The second-order valence-electron chi connectivity index (χ2n) is 5.89. The Morgan fingerprint density at radius 3 is 2.31 bits per heavy atom. The molecule has 0 saturated carbocycles. The normalized spacial score (nSPS) is 18.0. The summed E-state index contributed by atoms with van der Waals surface area (Å²) in [7, 11) is 1.55. The number of ketones is 1. The summed E-state index contributed by atoms with van der Waals surface area (Å²) in [6, 6.07) is 13.5. The Kier molecular flexibility index (Phi) is 5.09. The molecule has 1 atom stereocenters. The molecule has 0 N–H and O–H groups in total. The van der Waals surface area contributed by atoms with Crippen molar-refractivity contribution in [1.29, 1.82) is 0 Å². The molecule has 1 heterocycles. The van der Waals surface area contributed by atoms with Crippen molar-refractivity contribution >= 4 is 29.1 Å². The van der Waals surface area contributed by atoms with E-state index in [2.05, 4.69) is 4.99 Å². The SMILES string of the molecule is CCCC(=O)OC1(C(=O)c2ccc(OC)cc2)N=C1c1ccc(Cl)cc1. The number of halogens is 1. The molecule has 0 radical (unpaired) electrons. The lowest BCUT2D eigenvalue weighted by molar-refractivity contribution is -0.148. The predicted octanol–water partition coefficient (Wildman–Crippen LogP) is 4.07. The van der Waals surface area contributed by atoms with Crippen molar-refractivity contribution in [3.05, 3.63) is 64.7 Å². The molecule has 0 aromatic heterocycles. The highest BCUT2D eigenvalue weighted by molar-refractivity contribution is 6.34. The zero-order valence-corrected chi connectivity index (χ0v) is 15.2. The summed E-state index contributed by atoms with van der Waals surface area (Å²) < 4.78 is 10.6. The number of hydrogen-bond donors (Lipinski definition) is 0. The second kappa shape index (κ2) is 7.30. The molecule has 3 rings (SSSR count). The maximum absolute atomic E-state index is 13.1. The maximum Gasteiger partial charge on any atom is 0.310 e. The molecule has 5 nitrogen and oxygen atoms in total. The number of benzene rings is 2. The Bertz CT molecular complexity index is 858. The van der Waals surface area contributed by atoms with Gasteiger partial charge >= 0.3 is 11.7 Å². The summed E-state index contributed by atoms with van der Waals surface area (Å²) in [4.78, 5) is 29.4. The van der Waals surface area contributed by atoms with Gasteiger partial charge in [-0.1, -0.05) is 30.7 Å². The number of ether oxygens (including phenoxy) is 2. The first-order valence-electron chi connectivity index (χ1n) is 8.27. The van der Waals surface area contributed by atoms with Crippen molar-refractivity contribution < 1.29 is 19.1 Å². The van der Waals surface area contributed by atoms with Crippen molar-refractivity contribution in [3.63, 3.8) is 0 Å². The first kappa shape index (κ1) is 18.1. The molecule has 0 fully saturated rings. The Morgan fingerprint density at radius 2 is 1.73 bits per heavy atom. The van der Waals surface area contributed by atoms with Gasteiger partial charge in [-0.15, -0.1) is 0 Å². The lowest BCUT2D eigenvalue weighted by Gasteiger charge is -2.16. The predicted molar refractivity (Wildman–Crippen MR) is 99.0 cm³/mol. The molecular weight excluding hydrogens is 354 g/mol. The first-order valence-corrected chi connectivity index (χ1v) is 8.65. The Labute approximate surface area is 156 Å². The summed E-state index contributed by atoms with van der Waals surface area (Å²) in [6.07, 6.45) is 0.850. The molecule has 1 aliphatic heterocycles. The number of esters is 1. The number of carbonyl (C=O) groups is 2. The first-order chi connectivity index (χ1) is 12.5. The molecule has 1 aliphatic rings. The van der Waals surface area contributed by atoms with Crippen LogP contribution in [0.2, 0.25) is 5.02 Å². The molecule has 1 unspecified atom stereocenters. The van der Waals surface area contributed by atoms with Crippen LogP contribution in [0.1, 0.15) is 35.7 Å². The standard InChI is InChI=1S/C20H18ClNO4/c1-3-4-17(23)26-20(18(22-20)13-5-9-15(21)10-6-13)19(24)14-7-11-16(25-2)12-8-14/h5-12H,3-4H2,1-2H3. The van der Waals surface area contributed by atoms with Gasteiger partial charge in [-0.05, 0) is 42.8 Å². The van der Waals surface area contributed by atoms with E-state index in [1.165, 1.54) is 0 Å². The Morgan fingerprint density at radius 1 is 1.08 bits per heavy atom. The van der Waals surface area contributed by atoms with Gasteiger partial charge in [0.25, 0.3) is 0 Å². The van der Waals surface area contributed by atoms with E-state index in [1.54, 1.807) is 55.6 Å². The number of methoxy groups -OCH3 is 1. The monoisotopic (exact) mass is 371 g/mol. The minimum absolute atomic E-state index is 0.223. The Balaban J connectivity index is 1.90. The smallest absolute Gasteiger partial charge is 0.310 e. The molecule has 0 amide bonds. The van der Waals surface area contributed by atoms with E-state index in [0.29, 0.717) is 34.0 Å². The molecule has 134 valence electrons. The second-order valence-corrected chi connectivity index (χ2v) is 6.33. The zero-order chi connectivity index (χ0) is 18.7. The quantitative estimate of drug-likeness (QED) is 0.543. The number of aliphatic imine (C=N–C) groups is 1. The van der Waals surface area contributed by atoms with E-state index in [4.69, 9.17) is 21.1 Å². The van der Waals surface area contributed by atoms with E-state index in [9.17, 15) is 9.59 Å². The molecule has 0 bridgehead atoms. The number of nitrogens with zero attached hydrogens (tertiary/aromatic N) is 1. The fourth-order valence-corrected chi connectivity index (χ4v) is 2.76. The van der Waals surface area contributed by atoms with E-state index in [0.717, 1.165) is 0 Å². The van der Waals surface area contributed by atoms with Gasteiger partial charge in [0.15, 0.2) is 0 Å². The largest absolute Gasteiger partial charge is 0.497 e. The van der Waals surface area contributed by atoms with Crippen LogP contribution in [0.25, 0.3) is 0 Å². The van der Waals surface area contributed by atoms with Gasteiger partial charge in [-0.25, -0.2) is 4.99 Å². The average molecular weight is 372 g/mol. The molecule has 0 saturated heterocycles. The van der Waals surface area contributed by atoms with Gasteiger partial charge in [-0.3, -0.25) is 9.59 Å². The van der Waals surface area contributed by atoms with Crippen molar-refractivity contribution in [2.45, 2.75) is 25.5 Å². The van der Waals surface area contributed by atoms with Gasteiger partial charge in [-0.2, -0.15) is 0 Å². The van der Waals surface area contributed by atoms with E-state index in [-0.39, 0.29) is 12.2 Å². The van der Waals surface area contributed by atoms with Crippen LogP contribution in [0.3, 0.4) is 0 Å². The summed E-state index contributed by atoms with van der Waals surface area (Å²) >= 11 is 5.92. The molecule has 2 aromatic carbocycles. The van der Waals surface area contributed by atoms with Gasteiger partial charge in [0, 0.05) is 22.6 Å². The van der Waals surface area contributed by atoms with Crippen molar-refractivity contribution in [2.75, 3.05) is 7.11 Å². The molecular formula is C20H18ClNO4. The van der Waals surface area contributed by atoms with Crippen LogP contribution in [0.15, 0.2) is 53.5 Å². The zero-order valence-electron chi connectivity index (χ0n) is 14.5. The third-order valence-electron chi connectivity index (χ3n) is 4.03. The van der Waals surface area contributed by atoms with Crippen molar-refractivity contribution in [3.8, 4) is 5.75 Å². The number of Topliss-reactive ketones (excluding diaryl/α,β-unsaturated/α-hetero) is 1. The summed E-state index contributed by atoms with van der Waals surface area (Å²) in [5, 5.41) is 0.574. The lowest BCUT2D eigenvalue weighted by Crippen LogP contribution is -2.36. The van der Waals surface area contributed by atoms with Crippen LogP contribution < -0.4 is 4.74 Å². The number of hydrogen-bond acceptors (Lipinski definition) is 5. The molecule has 2 aromatic rings. The Hall–Kier alpha value is -2.66. The third-order valence-corrected chi connectivity index (χ3v) is 4.29. The van der Waals surface area contributed by atoms with Crippen LogP contribution in [0, 0.1) is 0 Å². The van der Waals surface area contributed by atoms with Crippen molar-refractivity contribution in [1.82, 2.24) is 0 Å². The fraction of sp³-hybridized carbons (Fsp3) is 0.250. The minimum Gasteiger partial charge on any atom is -0.497 e.